The summed E-state index contributed by atoms with van der Waals surface area (Å²) in [6, 6.07) is 0. The summed E-state index contributed by atoms with van der Waals surface area (Å²) in [5.41, 5.74) is -1.28. The first kappa shape index (κ1) is 37.1. The first-order chi connectivity index (χ1) is 22.3. The maximum atomic E-state index is 13.1. The van der Waals surface area contributed by atoms with Gasteiger partial charge in [-0.2, -0.15) is 0 Å². The van der Waals surface area contributed by atoms with Gasteiger partial charge < -0.3 is 23.5 Å². The molecule has 0 bridgehead atoms. The van der Waals surface area contributed by atoms with Gasteiger partial charge in [-0.15, -0.1) is 0 Å². The first-order valence-electron chi connectivity index (χ1n) is 18.4. The van der Waals surface area contributed by atoms with Crippen LogP contribution in [0.15, 0.2) is 12.1 Å². The van der Waals surface area contributed by atoms with Crippen LogP contribution in [0.25, 0.3) is 0 Å². The Bertz CT molecular complexity index is 1280. The van der Waals surface area contributed by atoms with Gasteiger partial charge in [0, 0.05) is 38.5 Å². The third-order valence-corrected chi connectivity index (χ3v) is 14.0. The Hall–Kier alpha value is -2.20. The van der Waals surface area contributed by atoms with Crippen LogP contribution in [0.2, 0.25) is 0 Å². The summed E-state index contributed by atoms with van der Waals surface area (Å²) in [4.78, 5) is 50.1. The number of allylic oxidation sites excluding steroid dienone is 1. The van der Waals surface area contributed by atoms with E-state index in [9.17, 15) is 19.2 Å². The van der Waals surface area contributed by atoms with Crippen LogP contribution >= 0.6 is 0 Å². The summed E-state index contributed by atoms with van der Waals surface area (Å²) in [5, 5.41) is 0. The first-order valence-corrected chi connectivity index (χ1v) is 18.4. The molecular formula is C38H59BO9. The maximum Gasteiger partial charge on any atom is 0.487 e. The average molecular weight is 671 g/mol. The standard InChI is InChI=1S/C38H59BO9/c1-22(11-12-27(43)16-18-39-47-35(5,6)36(7,8)48-39)29-13-14-30-34-31(21-33(38(29,30)10)46-25(4)42)37(9)17-15-28(44-23(2)40)19-26(37)20-32(34)45-24(3)41/h16,18,22,26,28-34H,11-15,17,19-21H2,1-10H3/b18-16+/t22-,26+,28-,29-,30+,31+,32-,33+,34+,37+,38-/m1/s1. The number of fused-ring (bicyclic) bond motifs is 5. The van der Waals surface area contributed by atoms with Crippen molar-refractivity contribution in [3.05, 3.63) is 12.1 Å². The van der Waals surface area contributed by atoms with Gasteiger partial charge in [0.2, 0.25) is 0 Å². The summed E-state index contributed by atoms with van der Waals surface area (Å²) < 4.78 is 30.2. The van der Waals surface area contributed by atoms with Gasteiger partial charge in [0.25, 0.3) is 0 Å². The van der Waals surface area contributed by atoms with Crippen molar-refractivity contribution in [1.82, 2.24) is 0 Å². The quantitative estimate of drug-likeness (QED) is 0.113. The highest BCUT2D eigenvalue weighted by Gasteiger charge is 2.67. The largest absolute Gasteiger partial charge is 0.487 e. The van der Waals surface area contributed by atoms with Crippen LogP contribution in [0.5, 0.6) is 0 Å². The molecule has 0 unspecified atom stereocenters. The lowest BCUT2D eigenvalue weighted by molar-refractivity contribution is -0.224. The Morgan fingerprint density at radius 1 is 0.812 bits per heavy atom. The SMILES string of the molecule is CC(=O)O[C@@H]1CC[C@@]2(C)[C@@H](C1)C[C@@H](OC(C)=O)[C@@H]1[C@@H]2C[C@H](OC(C)=O)[C@]2(C)[C@@H]([C@H](C)CCC(=O)/C=C/B3OC(C)(C)C(C)(C)O3)CC[C@@H]12. The molecule has 11 atom stereocenters. The van der Waals surface area contributed by atoms with Crippen LogP contribution in [0.1, 0.15) is 127 Å². The predicted molar refractivity (Wildman–Crippen MR) is 181 cm³/mol. The van der Waals surface area contributed by atoms with E-state index in [0.29, 0.717) is 6.42 Å². The number of esters is 3. The summed E-state index contributed by atoms with van der Waals surface area (Å²) >= 11 is 0. The minimum Gasteiger partial charge on any atom is -0.463 e. The summed E-state index contributed by atoms with van der Waals surface area (Å²) in [6.45, 7) is 19.3. The molecule has 1 saturated heterocycles. The van der Waals surface area contributed by atoms with Crippen LogP contribution in [-0.4, -0.2) is 60.3 Å². The number of ether oxygens (including phenoxy) is 3. The van der Waals surface area contributed by atoms with Crippen molar-refractivity contribution >= 4 is 30.8 Å². The molecular weight excluding hydrogens is 611 g/mol. The molecule has 5 aliphatic rings. The third kappa shape index (κ3) is 6.91. The highest BCUT2D eigenvalue weighted by molar-refractivity contribution is 6.52. The van der Waals surface area contributed by atoms with Crippen molar-refractivity contribution < 1.29 is 42.7 Å². The Morgan fingerprint density at radius 3 is 2.04 bits per heavy atom. The minimum absolute atomic E-state index is 0.0435. The normalized spacial score (nSPS) is 40.3. The zero-order chi connectivity index (χ0) is 35.4. The van der Waals surface area contributed by atoms with Gasteiger partial charge in [-0.1, -0.05) is 26.7 Å². The fourth-order valence-corrected chi connectivity index (χ4v) is 10.9. The second-order valence-electron chi connectivity index (χ2n) is 17.2. The van der Waals surface area contributed by atoms with Crippen molar-refractivity contribution in [1.29, 1.82) is 0 Å². The molecule has 4 saturated carbocycles. The Labute approximate surface area is 288 Å². The second-order valence-corrected chi connectivity index (χ2v) is 17.2. The third-order valence-electron chi connectivity index (χ3n) is 14.0. The van der Waals surface area contributed by atoms with E-state index < -0.39 is 18.3 Å². The topological polar surface area (TPSA) is 114 Å². The van der Waals surface area contributed by atoms with Crippen molar-refractivity contribution in [2.24, 2.45) is 46.3 Å². The lowest BCUT2D eigenvalue weighted by atomic mass is 9.43. The fourth-order valence-electron chi connectivity index (χ4n) is 10.9. The smallest absolute Gasteiger partial charge is 0.463 e. The molecule has 0 aromatic carbocycles. The van der Waals surface area contributed by atoms with E-state index in [2.05, 4.69) is 20.8 Å². The van der Waals surface area contributed by atoms with Crippen molar-refractivity contribution in [3.63, 3.8) is 0 Å². The molecule has 268 valence electrons. The van der Waals surface area contributed by atoms with Crippen LogP contribution in [0, 0.1) is 46.3 Å². The van der Waals surface area contributed by atoms with Gasteiger partial charge in [0.15, 0.2) is 5.78 Å². The maximum absolute atomic E-state index is 13.1. The van der Waals surface area contributed by atoms with Gasteiger partial charge in [-0.05, 0) is 120 Å². The molecule has 5 fully saturated rings. The summed E-state index contributed by atoms with van der Waals surface area (Å²) in [6.07, 6.45) is 8.01. The van der Waals surface area contributed by atoms with E-state index in [4.69, 9.17) is 23.5 Å². The van der Waals surface area contributed by atoms with E-state index in [-0.39, 0.29) is 88.3 Å². The lowest BCUT2D eigenvalue weighted by Gasteiger charge is -2.64. The molecule has 0 spiro atoms. The molecule has 5 rings (SSSR count). The van der Waals surface area contributed by atoms with E-state index in [1.54, 1.807) is 12.1 Å². The van der Waals surface area contributed by atoms with Crippen molar-refractivity contribution in [2.75, 3.05) is 0 Å². The Kier molecular flexibility index (Phi) is 10.4. The van der Waals surface area contributed by atoms with Crippen molar-refractivity contribution in [2.45, 2.75) is 157 Å². The molecule has 1 aliphatic heterocycles. The molecule has 0 radical (unpaired) electrons. The Balaban J connectivity index is 1.35. The molecule has 4 aliphatic carbocycles. The molecule has 10 heteroatoms. The second kappa shape index (κ2) is 13.5. The zero-order valence-corrected chi connectivity index (χ0v) is 31.0. The molecule has 0 N–H and O–H groups in total. The van der Waals surface area contributed by atoms with E-state index in [1.165, 1.54) is 20.8 Å². The van der Waals surface area contributed by atoms with Crippen LogP contribution in [0.3, 0.4) is 0 Å². The number of carbonyl (C=O) groups excluding carboxylic acids is 4. The number of carbonyl (C=O) groups is 4. The lowest BCUT2D eigenvalue weighted by Crippen LogP contribution is -2.63. The summed E-state index contributed by atoms with van der Waals surface area (Å²) in [7, 11) is -0.552. The highest BCUT2D eigenvalue weighted by Crippen LogP contribution is 2.69. The molecule has 9 nitrogen and oxygen atoms in total. The number of hydrogen-bond donors (Lipinski definition) is 0. The zero-order valence-electron chi connectivity index (χ0n) is 31.0. The number of ketones is 1. The van der Waals surface area contributed by atoms with Gasteiger partial charge in [-0.3, -0.25) is 19.2 Å². The van der Waals surface area contributed by atoms with Crippen molar-refractivity contribution in [3.8, 4) is 0 Å². The highest BCUT2D eigenvalue weighted by atomic mass is 16.7. The van der Waals surface area contributed by atoms with Gasteiger partial charge in [0.05, 0.1) is 11.2 Å². The minimum atomic E-state index is -0.552. The van der Waals surface area contributed by atoms with Crippen LogP contribution in [0.4, 0.5) is 0 Å². The number of rotatable bonds is 9. The molecule has 0 aromatic rings. The summed E-state index contributed by atoms with van der Waals surface area (Å²) in [5.74, 6) is 2.24. The number of hydrogen-bond acceptors (Lipinski definition) is 9. The molecule has 0 aromatic heterocycles. The van der Waals surface area contributed by atoms with E-state index >= 15 is 0 Å². The Morgan fingerprint density at radius 2 is 1.44 bits per heavy atom. The predicted octanol–water partition coefficient (Wildman–Crippen LogP) is 6.83. The van der Waals surface area contributed by atoms with Crippen LogP contribution < -0.4 is 0 Å². The molecule has 1 heterocycles. The van der Waals surface area contributed by atoms with Crippen LogP contribution in [-0.2, 0) is 42.7 Å². The van der Waals surface area contributed by atoms with E-state index in [1.807, 2.05) is 27.7 Å². The van der Waals surface area contributed by atoms with E-state index in [0.717, 1.165) is 51.4 Å². The average Bonchev–Trinajstić information content (AvgIpc) is 3.42. The monoisotopic (exact) mass is 670 g/mol. The fraction of sp³-hybridized carbons (Fsp3) is 0.842. The molecule has 48 heavy (non-hydrogen) atoms. The van der Waals surface area contributed by atoms with Gasteiger partial charge >= 0.3 is 25.0 Å². The molecule has 0 amide bonds. The van der Waals surface area contributed by atoms with Gasteiger partial charge in [-0.25, -0.2) is 0 Å². The van der Waals surface area contributed by atoms with Gasteiger partial charge in [0.1, 0.15) is 18.3 Å².